The summed E-state index contributed by atoms with van der Waals surface area (Å²) < 4.78 is 16.4. The number of guanidine groups is 1. The Labute approximate surface area is 212 Å². The number of carbonyl (C=O) groups excluding carboxylic acids is 1. The third kappa shape index (κ3) is 9.53. The zero-order valence-electron chi connectivity index (χ0n) is 19.6. The van der Waals surface area contributed by atoms with Crippen molar-refractivity contribution in [2.45, 2.75) is 51.7 Å². The number of para-hydroxylation sites is 1. The van der Waals surface area contributed by atoms with E-state index >= 15 is 0 Å². The molecule has 0 bridgehead atoms. The summed E-state index contributed by atoms with van der Waals surface area (Å²) in [5.74, 6) is 2.57. The van der Waals surface area contributed by atoms with E-state index < -0.39 is 11.7 Å². The van der Waals surface area contributed by atoms with Crippen molar-refractivity contribution in [1.82, 2.24) is 16.0 Å². The van der Waals surface area contributed by atoms with Crippen LogP contribution in [-0.2, 0) is 11.2 Å². The Kier molecular flexibility index (Phi) is 10.8. The first-order valence-corrected chi connectivity index (χ1v) is 11.2. The molecule has 0 radical (unpaired) electrons. The Morgan fingerprint density at radius 2 is 1.97 bits per heavy atom. The van der Waals surface area contributed by atoms with Gasteiger partial charge in [-0.15, -0.1) is 24.0 Å². The summed E-state index contributed by atoms with van der Waals surface area (Å²) in [7, 11) is 0. The Morgan fingerprint density at radius 1 is 1.15 bits per heavy atom. The molecule has 8 nitrogen and oxygen atoms in total. The fraction of sp³-hybridized carbons (Fsp3) is 0.500. The third-order valence-corrected chi connectivity index (χ3v) is 4.79. The SMILES string of the molecule is CC(C)(C)OC(=O)NCCCN=C(NCCc1ccco1)NC1CCOc2ccccc21.I. The molecule has 1 aromatic heterocycles. The lowest BCUT2D eigenvalue weighted by molar-refractivity contribution is 0.0527. The fourth-order valence-corrected chi connectivity index (χ4v) is 3.34. The number of hydrogen-bond donors (Lipinski definition) is 3. The second kappa shape index (κ2) is 13.3. The van der Waals surface area contributed by atoms with Gasteiger partial charge in [-0.25, -0.2) is 4.79 Å². The number of aliphatic imine (C=N–C) groups is 1. The highest BCUT2D eigenvalue weighted by Crippen LogP contribution is 2.31. The zero-order chi connectivity index (χ0) is 22.8. The van der Waals surface area contributed by atoms with E-state index in [1.807, 2.05) is 51.1 Å². The number of halogens is 1. The second-order valence-electron chi connectivity index (χ2n) is 8.64. The van der Waals surface area contributed by atoms with Gasteiger partial charge in [-0.1, -0.05) is 18.2 Å². The summed E-state index contributed by atoms with van der Waals surface area (Å²) in [6, 6.07) is 12.0. The van der Waals surface area contributed by atoms with Crippen LogP contribution < -0.4 is 20.7 Å². The molecule has 2 aromatic rings. The Bertz CT molecular complexity index is 881. The molecule has 0 saturated carbocycles. The number of alkyl carbamates (subject to hydrolysis) is 1. The van der Waals surface area contributed by atoms with Crippen molar-refractivity contribution < 1.29 is 18.7 Å². The normalized spacial score (nSPS) is 15.5. The van der Waals surface area contributed by atoms with Gasteiger partial charge >= 0.3 is 6.09 Å². The van der Waals surface area contributed by atoms with E-state index in [-0.39, 0.29) is 30.0 Å². The summed E-state index contributed by atoms with van der Waals surface area (Å²) >= 11 is 0. The number of fused-ring (bicyclic) bond motifs is 1. The van der Waals surface area contributed by atoms with Crippen molar-refractivity contribution in [3.63, 3.8) is 0 Å². The van der Waals surface area contributed by atoms with Crippen LogP contribution in [0.1, 0.15) is 51.0 Å². The monoisotopic (exact) mass is 570 g/mol. The quantitative estimate of drug-likeness (QED) is 0.188. The number of rotatable bonds is 8. The highest BCUT2D eigenvalue weighted by atomic mass is 127. The highest BCUT2D eigenvalue weighted by Gasteiger charge is 2.22. The summed E-state index contributed by atoms with van der Waals surface area (Å²) in [5.41, 5.74) is 0.628. The van der Waals surface area contributed by atoms with E-state index in [2.05, 4.69) is 22.0 Å². The lowest BCUT2D eigenvalue weighted by Gasteiger charge is -2.28. The molecule has 33 heavy (non-hydrogen) atoms. The van der Waals surface area contributed by atoms with Gasteiger partial charge in [0.2, 0.25) is 0 Å². The molecule has 9 heteroatoms. The summed E-state index contributed by atoms with van der Waals surface area (Å²) in [6.07, 6.45) is 3.59. The second-order valence-corrected chi connectivity index (χ2v) is 8.64. The molecule has 1 aromatic carbocycles. The Morgan fingerprint density at radius 3 is 2.73 bits per heavy atom. The Balaban J connectivity index is 0.00000385. The molecule has 2 heterocycles. The smallest absolute Gasteiger partial charge is 0.407 e. The van der Waals surface area contributed by atoms with E-state index in [1.165, 1.54) is 0 Å². The number of nitrogens with zero attached hydrogens (tertiary/aromatic N) is 1. The number of furan rings is 1. The van der Waals surface area contributed by atoms with E-state index in [0.717, 1.165) is 35.9 Å². The van der Waals surface area contributed by atoms with Gasteiger partial charge in [0.1, 0.15) is 17.1 Å². The van der Waals surface area contributed by atoms with Gasteiger partial charge in [0, 0.05) is 38.0 Å². The summed E-state index contributed by atoms with van der Waals surface area (Å²) in [5, 5.41) is 9.70. The van der Waals surface area contributed by atoms with Crippen LogP contribution in [0.5, 0.6) is 5.75 Å². The topological polar surface area (TPSA) is 97.1 Å². The lowest BCUT2D eigenvalue weighted by atomic mass is 10.0. The molecule has 0 fully saturated rings. The minimum absolute atomic E-state index is 0. The van der Waals surface area contributed by atoms with Crippen LogP contribution in [0.3, 0.4) is 0 Å². The van der Waals surface area contributed by atoms with Crippen LogP contribution in [0, 0.1) is 0 Å². The van der Waals surface area contributed by atoms with Gasteiger partial charge in [0.15, 0.2) is 5.96 Å². The zero-order valence-corrected chi connectivity index (χ0v) is 21.9. The molecule has 1 aliphatic rings. The predicted molar refractivity (Wildman–Crippen MR) is 139 cm³/mol. The van der Waals surface area contributed by atoms with Gasteiger partial charge in [-0.3, -0.25) is 4.99 Å². The maximum Gasteiger partial charge on any atom is 0.407 e. The molecule has 1 unspecified atom stereocenters. The number of carbonyl (C=O) groups is 1. The molecule has 3 rings (SSSR count). The van der Waals surface area contributed by atoms with Crippen LogP contribution in [0.15, 0.2) is 52.1 Å². The molecular formula is C24H35IN4O4. The van der Waals surface area contributed by atoms with Gasteiger partial charge in [0.05, 0.1) is 18.9 Å². The minimum atomic E-state index is -0.503. The molecular weight excluding hydrogens is 535 g/mol. The summed E-state index contributed by atoms with van der Waals surface area (Å²) in [4.78, 5) is 16.5. The van der Waals surface area contributed by atoms with Crippen molar-refractivity contribution in [1.29, 1.82) is 0 Å². The van der Waals surface area contributed by atoms with Crippen LogP contribution >= 0.6 is 24.0 Å². The Hall–Kier alpha value is -2.43. The third-order valence-electron chi connectivity index (χ3n) is 4.79. The average molecular weight is 570 g/mol. The maximum absolute atomic E-state index is 11.8. The molecule has 0 spiro atoms. The number of hydrogen-bond acceptors (Lipinski definition) is 5. The maximum atomic E-state index is 11.8. The number of nitrogens with one attached hydrogen (secondary N) is 3. The first kappa shape index (κ1) is 26.8. The van der Waals surface area contributed by atoms with Crippen LogP contribution in [0.25, 0.3) is 0 Å². The highest BCUT2D eigenvalue weighted by molar-refractivity contribution is 14.0. The van der Waals surface area contributed by atoms with Crippen LogP contribution in [-0.4, -0.2) is 43.9 Å². The standard InChI is InChI=1S/C24H34N4O4.HI/c1-24(2,3)32-23(29)27-14-7-13-25-22(26-15-11-18-8-6-16-30-18)28-20-12-17-31-21-10-5-4-9-19(20)21;/h4-6,8-10,16,20H,7,11-15,17H2,1-3H3,(H,27,29)(H2,25,26,28);1H. The molecule has 1 atom stereocenters. The molecule has 1 aliphatic heterocycles. The van der Waals surface area contributed by atoms with Gasteiger partial charge in [-0.05, 0) is 45.4 Å². The molecule has 0 saturated heterocycles. The fourth-order valence-electron chi connectivity index (χ4n) is 3.34. The number of ether oxygens (including phenoxy) is 2. The van der Waals surface area contributed by atoms with Gasteiger partial charge in [0.25, 0.3) is 0 Å². The predicted octanol–water partition coefficient (Wildman–Crippen LogP) is 4.41. The average Bonchev–Trinajstić information content (AvgIpc) is 3.26. The van der Waals surface area contributed by atoms with Gasteiger partial charge < -0.3 is 29.8 Å². The molecule has 3 N–H and O–H groups in total. The van der Waals surface area contributed by atoms with E-state index in [1.54, 1.807) is 6.26 Å². The van der Waals surface area contributed by atoms with Crippen molar-refractivity contribution >= 4 is 36.0 Å². The van der Waals surface area contributed by atoms with Crippen molar-refractivity contribution in [3.8, 4) is 5.75 Å². The lowest BCUT2D eigenvalue weighted by Crippen LogP contribution is -2.42. The first-order valence-electron chi connectivity index (χ1n) is 11.2. The van der Waals surface area contributed by atoms with E-state index in [9.17, 15) is 4.79 Å². The van der Waals surface area contributed by atoms with Crippen molar-refractivity contribution in [2.75, 3.05) is 26.2 Å². The van der Waals surface area contributed by atoms with Crippen LogP contribution in [0.4, 0.5) is 4.79 Å². The molecule has 1 amide bonds. The minimum Gasteiger partial charge on any atom is -0.493 e. The largest absolute Gasteiger partial charge is 0.493 e. The molecule has 0 aliphatic carbocycles. The van der Waals surface area contributed by atoms with E-state index in [0.29, 0.717) is 32.7 Å². The van der Waals surface area contributed by atoms with E-state index in [4.69, 9.17) is 18.9 Å². The first-order chi connectivity index (χ1) is 15.4. The molecule has 182 valence electrons. The number of benzene rings is 1. The summed E-state index contributed by atoms with van der Waals surface area (Å²) in [6.45, 7) is 7.95. The van der Waals surface area contributed by atoms with Gasteiger partial charge in [-0.2, -0.15) is 0 Å². The van der Waals surface area contributed by atoms with Crippen molar-refractivity contribution in [2.24, 2.45) is 4.99 Å². The van der Waals surface area contributed by atoms with Crippen LogP contribution in [0.2, 0.25) is 0 Å². The van der Waals surface area contributed by atoms with Crippen molar-refractivity contribution in [3.05, 3.63) is 54.0 Å². The number of amides is 1.